The van der Waals surface area contributed by atoms with Crippen molar-refractivity contribution in [3.63, 3.8) is 0 Å². The fraction of sp³-hybridized carbons (Fsp3) is 0.385. The highest BCUT2D eigenvalue weighted by Gasteiger charge is 2.29. The molecule has 8 heteroatoms. The number of aromatic nitrogens is 2. The number of aromatic amines is 1. The van der Waals surface area contributed by atoms with Gasteiger partial charge >= 0.3 is 5.97 Å². The number of H-pyrrole nitrogens is 1. The Balaban J connectivity index is 1.79. The van der Waals surface area contributed by atoms with Gasteiger partial charge in [0.1, 0.15) is 6.04 Å². The smallest absolute Gasteiger partial charge is 0.306 e. The van der Waals surface area contributed by atoms with Crippen LogP contribution in [0, 0.1) is 11.8 Å². The molecule has 0 saturated heterocycles. The predicted octanol–water partition coefficient (Wildman–Crippen LogP) is 3.13. The molecule has 0 radical (unpaired) electrons. The number of ether oxygens (including phenoxy) is 1. The molecule has 0 bridgehead atoms. The zero-order valence-corrected chi connectivity index (χ0v) is 19.8. The molecule has 0 aliphatic heterocycles. The molecule has 0 fully saturated rings. The highest BCUT2D eigenvalue weighted by atomic mass is 16.5. The predicted molar refractivity (Wildman–Crippen MR) is 130 cm³/mol. The van der Waals surface area contributed by atoms with Crippen molar-refractivity contribution < 1.29 is 19.1 Å². The van der Waals surface area contributed by atoms with E-state index in [1.807, 2.05) is 56.4 Å². The maximum Gasteiger partial charge on any atom is 0.306 e. The molecule has 1 aromatic carbocycles. The van der Waals surface area contributed by atoms with Crippen molar-refractivity contribution in [2.75, 3.05) is 7.11 Å². The average molecular weight is 465 g/mol. The van der Waals surface area contributed by atoms with Gasteiger partial charge in [0.2, 0.25) is 11.8 Å². The molecule has 3 aromatic rings. The quantitative estimate of drug-likeness (QED) is 0.377. The molecule has 0 aliphatic rings. The van der Waals surface area contributed by atoms with Crippen molar-refractivity contribution in [2.24, 2.45) is 11.8 Å². The molecule has 180 valence electrons. The van der Waals surface area contributed by atoms with Gasteiger partial charge in [-0.15, -0.1) is 0 Å². The number of nitrogens with one attached hydrogen (secondary N) is 3. The Hall–Kier alpha value is -3.68. The van der Waals surface area contributed by atoms with Crippen molar-refractivity contribution >= 4 is 28.7 Å². The van der Waals surface area contributed by atoms with Gasteiger partial charge in [-0.2, -0.15) is 0 Å². The van der Waals surface area contributed by atoms with Gasteiger partial charge < -0.3 is 20.4 Å². The summed E-state index contributed by atoms with van der Waals surface area (Å²) in [6.45, 7) is 4.30. The van der Waals surface area contributed by atoms with Crippen LogP contribution in [0.3, 0.4) is 0 Å². The minimum atomic E-state index is -0.805. The summed E-state index contributed by atoms with van der Waals surface area (Å²) >= 11 is 0. The Morgan fingerprint density at radius 3 is 2.50 bits per heavy atom. The third-order valence-electron chi connectivity index (χ3n) is 5.72. The van der Waals surface area contributed by atoms with Gasteiger partial charge in [0.25, 0.3) is 0 Å². The van der Waals surface area contributed by atoms with E-state index in [0.717, 1.165) is 22.0 Å². The van der Waals surface area contributed by atoms with Crippen LogP contribution in [0.2, 0.25) is 0 Å². The van der Waals surface area contributed by atoms with E-state index in [4.69, 9.17) is 4.74 Å². The van der Waals surface area contributed by atoms with Crippen LogP contribution in [0.25, 0.3) is 10.9 Å². The normalized spacial score (nSPS) is 12.8. The van der Waals surface area contributed by atoms with E-state index >= 15 is 0 Å². The van der Waals surface area contributed by atoms with Gasteiger partial charge in [0, 0.05) is 48.4 Å². The first-order chi connectivity index (χ1) is 16.4. The monoisotopic (exact) mass is 464 g/mol. The number of amides is 2. The Kier molecular flexibility index (Phi) is 8.79. The molecular weight excluding hydrogens is 432 g/mol. The highest BCUT2D eigenvalue weighted by Crippen LogP contribution is 2.21. The van der Waals surface area contributed by atoms with Crippen LogP contribution < -0.4 is 10.6 Å². The van der Waals surface area contributed by atoms with Crippen LogP contribution in [0.5, 0.6) is 0 Å². The number of methoxy groups -OCH3 is 1. The summed E-state index contributed by atoms with van der Waals surface area (Å²) in [6.07, 6.45) is 5.98. The summed E-state index contributed by atoms with van der Waals surface area (Å²) in [5.74, 6) is -1.45. The average Bonchev–Trinajstić information content (AvgIpc) is 3.24. The lowest BCUT2D eigenvalue weighted by Gasteiger charge is -2.23. The number of benzene rings is 1. The van der Waals surface area contributed by atoms with Crippen LogP contribution in [0.15, 0.2) is 55.0 Å². The number of hydrogen-bond donors (Lipinski definition) is 3. The highest BCUT2D eigenvalue weighted by molar-refractivity contribution is 5.91. The number of carbonyl (C=O) groups is 3. The van der Waals surface area contributed by atoms with Gasteiger partial charge in [0.05, 0.1) is 13.5 Å². The standard InChI is InChI=1S/C26H32N4O4/c1-17(2)12-19(14-24(31)34-3)25(32)30-23(26(33)29-15-18-8-10-27-11-9-18)13-20-16-28-22-7-5-4-6-21(20)22/h4-11,16-17,19,23,28H,12-15H2,1-3H3,(H,29,33)(H,30,32)/t19-,23+/m1/s1. The third kappa shape index (κ3) is 6.91. The van der Waals surface area contributed by atoms with Gasteiger partial charge in [0.15, 0.2) is 0 Å². The molecular formula is C26H32N4O4. The first-order valence-electron chi connectivity index (χ1n) is 11.5. The first-order valence-corrected chi connectivity index (χ1v) is 11.5. The third-order valence-corrected chi connectivity index (χ3v) is 5.72. The van der Waals surface area contributed by atoms with Gasteiger partial charge in [-0.05, 0) is 41.7 Å². The molecule has 2 amide bonds. The number of para-hydroxylation sites is 1. The van der Waals surface area contributed by atoms with E-state index in [-0.39, 0.29) is 24.2 Å². The summed E-state index contributed by atoms with van der Waals surface area (Å²) in [5, 5.41) is 6.82. The van der Waals surface area contributed by atoms with Crippen molar-refractivity contribution in [1.29, 1.82) is 0 Å². The molecule has 0 unspecified atom stereocenters. The number of rotatable bonds is 11. The number of nitrogens with zero attached hydrogens (tertiary/aromatic N) is 1. The Morgan fingerprint density at radius 2 is 1.79 bits per heavy atom. The molecule has 2 aromatic heterocycles. The molecule has 0 spiro atoms. The lowest BCUT2D eigenvalue weighted by Crippen LogP contribution is -2.49. The van der Waals surface area contributed by atoms with E-state index in [2.05, 4.69) is 20.6 Å². The van der Waals surface area contributed by atoms with E-state index < -0.39 is 17.9 Å². The number of carbonyl (C=O) groups excluding carboxylic acids is 3. The zero-order valence-electron chi connectivity index (χ0n) is 19.8. The van der Waals surface area contributed by atoms with Gasteiger partial charge in [-0.1, -0.05) is 32.0 Å². The fourth-order valence-corrected chi connectivity index (χ4v) is 3.97. The summed E-state index contributed by atoms with van der Waals surface area (Å²) in [4.78, 5) is 45.5. The van der Waals surface area contributed by atoms with E-state index in [9.17, 15) is 14.4 Å². The SMILES string of the molecule is COC(=O)C[C@@H](CC(C)C)C(=O)N[C@@H](Cc1c[nH]c2ccccc12)C(=O)NCc1ccncc1. The topological polar surface area (TPSA) is 113 Å². The van der Waals surface area contributed by atoms with Crippen LogP contribution in [0.1, 0.15) is 37.8 Å². The summed E-state index contributed by atoms with van der Waals surface area (Å²) in [7, 11) is 1.30. The molecule has 0 saturated carbocycles. The molecule has 3 N–H and O–H groups in total. The molecule has 0 aliphatic carbocycles. The second-order valence-electron chi connectivity index (χ2n) is 8.80. The number of esters is 1. The molecule has 34 heavy (non-hydrogen) atoms. The molecule has 2 heterocycles. The second-order valence-corrected chi connectivity index (χ2v) is 8.80. The van der Waals surface area contributed by atoms with E-state index in [1.165, 1.54) is 7.11 Å². The maximum atomic E-state index is 13.2. The number of fused-ring (bicyclic) bond motifs is 1. The minimum Gasteiger partial charge on any atom is -0.469 e. The van der Waals surface area contributed by atoms with Crippen LogP contribution >= 0.6 is 0 Å². The number of pyridine rings is 1. The Bertz CT molecular complexity index is 1110. The molecule has 8 nitrogen and oxygen atoms in total. The van der Waals surface area contributed by atoms with E-state index in [0.29, 0.717) is 19.4 Å². The number of hydrogen-bond acceptors (Lipinski definition) is 5. The molecule has 3 rings (SSSR count). The van der Waals surface area contributed by atoms with Crippen molar-refractivity contribution in [2.45, 2.75) is 45.7 Å². The lowest BCUT2D eigenvalue weighted by molar-refractivity contribution is -0.144. The van der Waals surface area contributed by atoms with Gasteiger partial charge in [-0.3, -0.25) is 19.4 Å². The van der Waals surface area contributed by atoms with Crippen LogP contribution in [-0.4, -0.2) is 40.9 Å². The lowest BCUT2D eigenvalue weighted by atomic mass is 9.92. The van der Waals surface area contributed by atoms with Crippen LogP contribution in [0.4, 0.5) is 0 Å². The van der Waals surface area contributed by atoms with Gasteiger partial charge in [-0.25, -0.2) is 0 Å². The Labute approximate surface area is 199 Å². The van der Waals surface area contributed by atoms with Crippen LogP contribution in [-0.2, 0) is 32.1 Å². The zero-order chi connectivity index (χ0) is 24.5. The fourth-order valence-electron chi connectivity index (χ4n) is 3.97. The summed E-state index contributed by atoms with van der Waals surface area (Å²) in [5.41, 5.74) is 2.79. The largest absolute Gasteiger partial charge is 0.469 e. The second kappa shape index (κ2) is 12.0. The minimum absolute atomic E-state index is 0.0288. The summed E-state index contributed by atoms with van der Waals surface area (Å²) < 4.78 is 4.78. The molecule has 2 atom stereocenters. The first kappa shape index (κ1) is 25.0. The van der Waals surface area contributed by atoms with Crippen molar-refractivity contribution in [3.05, 3.63) is 66.1 Å². The Morgan fingerprint density at radius 1 is 1.06 bits per heavy atom. The maximum absolute atomic E-state index is 13.2. The summed E-state index contributed by atoms with van der Waals surface area (Å²) in [6, 6.07) is 10.7. The van der Waals surface area contributed by atoms with Crippen molar-refractivity contribution in [3.8, 4) is 0 Å². The van der Waals surface area contributed by atoms with Crippen molar-refractivity contribution in [1.82, 2.24) is 20.6 Å². The van der Waals surface area contributed by atoms with E-state index in [1.54, 1.807) is 12.4 Å².